The molecule has 5 nitrogen and oxygen atoms in total. The quantitative estimate of drug-likeness (QED) is 0.834. The number of piperidine rings is 1. The number of anilines is 1. The van der Waals surface area contributed by atoms with Crippen LogP contribution in [0.15, 0.2) is 24.3 Å². The highest BCUT2D eigenvalue weighted by Crippen LogP contribution is 2.33. The van der Waals surface area contributed by atoms with Gasteiger partial charge in [-0.2, -0.15) is 0 Å². The summed E-state index contributed by atoms with van der Waals surface area (Å²) < 4.78 is 11.5. The van der Waals surface area contributed by atoms with Crippen molar-refractivity contribution in [3.8, 4) is 0 Å². The van der Waals surface area contributed by atoms with Crippen LogP contribution in [-0.2, 0) is 20.7 Å². The zero-order valence-corrected chi connectivity index (χ0v) is 13.7. The van der Waals surface area contributed by atoms with E-state index in [4.69, 9.17) is 9.47 Å². The highest BCUT2D eigenvalue weighted by molar-refractivity contribution is 5.97. The van der Waals surface area contributed by atoms with Gasteiger partial charge in [-0.1, -0.05) is 18.2 Å². The molecule has 23 heavy (non-hydrogen) atoms. The first-order valence-electron chi connectivity index (χ1n) is 8.57. The predicted molar refractivity (Wildman–Crippen MR) is 87.4 cm³/mol. The summed E-state index contributed by atoms with van der Waals surface area (Å²) in [6.45, 7) is 5.71. The van der Waals surface area contributed by atoms with Crippen LogP contribution in [0.3, 0.4) is 0 Å². The maximum Gasteiger partial charge on any atom is 0.241 e. The minimum atomic E-state index is -0.368. The first-order valence-corrected chi connectivity index (χ1v) is 8.57. The maximum absolute atomic E-state index is 12.8. The summed E-state index contributed by atoms with van der Waals surface area (Å²) in [7, 11) is 0. The topological polar surface area (TPSA) is 42.0 Å². The number of para-hydroxylation sites is 1. The number of ether oxygens (including phenoxy) is 2. The Hall–Kier alpha value is -1.43. The van der Waals surface area contributed by atoms with Crippen LogP contribution in [0.5, 0.6) is 0 Å². The second-order valence-corrected chi connectivity index (χ2v) is 6.83. The molecule has 0 N–H and O–H groups in total. The Morgan fingerprint density at radius 1 is 1.22 bits per heavy atom. The van der Waals surface area contributed by atoms with E-state index in [-0.39, 0.29) is 17.7 Å². The monoisotopic (exact) mass is 316 g/mol. The van der Waals surface area contributed by atoms with E-state index < -0.39 is 0 Å². The van der Waals surface area contributed by atoms with E-state index in [2.05, 4.69) is 24.0 Å². The van der Waals surface area contributed by atoms with Crippen LogP contribution in [0.1, 0.15) is 25.3 Å². The fourth-order valence-electron chi connectivity index (χ4n) is 4.05. The molecule has 1 amide bonds. The van der Waals surface area contributed by atoms with Gasteiger partial charge in [0, 0.05) is 37.7 Å². The highest BCUT2D eigenvalue weighted by Gasteiger charge is 2.40. The lowest BCUT2D eigenvalue weighted by atomic mass is 10.0. The van der Waals surface area contributed by atoms with Crippen LogP contribution in [0.4, 0.5) is 5.69 Å². The maximum atomic E-state index is 12.8. The van der Waals surface area contributed by atoms with Crippen molar-refractivity contribution < 1.29 is 14.3 Å². The number of hydrogen-bond acceptors (Lipinski definition) is 4. The number of benzene rings is 1. The minimum Gasteiger partial charge on any atom is -0.347 e. The number of fused-ring (bicyclic) bond motifs is 1. The van der Waals surface area contributed by atoms with Gasteiger partial charge >= 0.3 is 0 Å². The van der Waals surface area contributed by atoms with Gasteiger partial charge in [0.2, 0.25) is 5.91 Å². The van der Waals surface area contributed by atoms with E-state index in [0.717, 1.165) is 38.0 Å². The molecule has 1 atom stereocenters. The molecule has 0 aliphatic carbocycles. The Balaban J connectivity index is 1.39. The van der Waals surface area contributed by atoms with Crippen LogP contribution < -0.4 is 4.90 Å². The first-order chi connectivity index (χ1) is 11.2. The standard InChI is InChI=1S/C18H24N2O3/c1-14-12-15-4-2-3-5-16(15)20(14)17(21)13-19-8-6-18(7-9-19)22-10-11-23-18/h2-5,14H,6-13H2,1H3. The number of carbonyl (C=O) groups is 1. The lowest BCUT2D eigenvalue weighted by molar-refractivity contribution is -0.185. The molecule has 0 aromatic heterocycles. The molecule has 124 valence electrons. The Morgan fingerprint density at radius 3 is 2.65 bits per heavy atom. The summed E-state index contributed by atoms with van der Waals surface area (Å²) in [5.74, 6) is -0.167. The average Bonchev–Trinajstić information content (AvgIpc) is 3.13. The smallest absolute Gasteiger partial charge is 0.241 e. The Bertz CT molecular complexity index is 588. The fraction of sp³-hybridized carbons (Fsp3) is 0.611. The highest BCUT2D eigenvalue weighted by atomic mass is 16.7. The SMILES string of the molecule is CC1Cc2ccccc2N1C(=O)CN1CCC2(CC1)OCCO2. The molecule has 0 bridgehead atoms. The molecule has 1 aromatic carbocycles. The summed E-state index contributed by atoms with van der Waals surface area (Å²) in [5, 5.41) is 0. The number of amides is 1. The number of rotatable bonds is 2. The van der Waals surface area contributed by atoms with Crippen molar-refractivity contribution in [3.63, 3.8) is 0 Å². The van der Waals surface area contributed by atoms with Gasteiger partial charge in [0.15, 0.2) is 5.79 Å². The average molecular weight is 316 g/mol. The van der Waals surface area contributed by atoms with Crippen LogP contribution in [0, 0.1) is 0 Å². The summed E-state index contributed by atoms with van der Waals surface area (Å²) in [4.78, 5) is 17.0. The van der Waals surface area contributed by atoms with Crippen LogP contribution >= 0.6 is 0 Å². The van der Waals surface area contributed by atoms with Crippen molar-refractivity contribution in [1.82, 2.24) is 4.90 Å². The van der Waals surface area contributed by atoms with Gasteiger partial charge in [-0.05, 0) is 25.0 Å². The second-order valence-electron chi connectivity index (χ2n) is 6.83. The molecule has 1 unspecified atom stereocenters. The van der Waals surface area contributed by atoms with Gasteiger partial charge in [0.1, 0.15) is 0 Å². The minimum absolute atomic E-state index is 0.201. The molecule has 5 heteroatoms. The van der Waals surface area contributed by atoms with Crippen LogP contribution in [0.25, 0.3) is 0 Å². The van der Waals surface area contributed by atoms with Crippen molar-refractivity contribution >= 4 is 11.6 Å². The molecular formula is C18H24N2O3. The van der Waals surface area contributed by atoms with E-state index >= 15 is 0 Å². The van der Waals surface area contributed by atoms with E-state index in [1.165, 1.54) is 5.56 Å². The van der Waals surface area contributed by atoms with Crippen molar-refractivity contribution in [1.29, 1.82) is 0 Å². The molecule has 4 rings (SSSR count). The third-order valence-corrected chi connectivity index (χ3v) is 5.27. The van der Waals surface area contributed by atoms with Crippen molar-refractivity contribution in [3.05, 3.63) is 29.8 Å². The van der Waals surface area contributed by atoms with Gasteiger partial charge in [0.25, 0.3) is 0 Å². The lowest BCUT2D eigenvalue weighted by Gasteiger charge is -2.38. The molecule has 2 saturated heterocycles. The Labute approximate surface area is 137 Å². The fourth-order valence-corrected chi connectivity index (χ4v) is 4.05. The predicted octanol–water partition coefficient (Wildman–Crippen LogP) is 1.80. The molecule has 0 radical (unpaired) electrons. The molecule has 0 saturated carbocycles. The number of hydrogen-bond donors (Lipinski definition) is 0. The summed E-state index contributed by atoms with van der Waals surface area (Å²) in [6.07, 6.45) is 2.66. The third kappa shape index (κ3) is 2.77. The first kappa shape index (κ1) is 15.1. The summed E-state index contributed by atoms with van der Waals surface area (Å²) >= 11 is 0. The molecule has 2 fully saturated rings. The van der Waals surface area contributed by atoms with Gasteiger partial charge < -0.3 is 14.4 Å². The van der Waals surface area contributed by atoms with Crippen molar-refractivity contribution in [2.24, 2.45) is 0 Å². The molecular weight excluding hydrogens is 292 g/mol. The normalized spacial score (nSPS) is 26.7. The third-order valence-electron chi connectivity index (χ3n) is 5.27. The Kier molecular flexibility index (Phi) is 3.87. The second kappa shape index (κ2) is 5.89. The Morgan fingerprint density at radius 2 is 1.91 bits per heavy atom. The molecule has 1 spiro atoms. The van der Waals surface area contributed by atoms with Gasteiger partial charge in [-0.15, -0.1) is 0 Å². The van der Waals surface area contributed by atoms with Gasteiger partial charge in [0.05, 0.1) is 19.8 Å². The summed E-state index contributed by atoms with van der Waals surface area (Å²) in [6, 6.07) is 8.49. The zero-order chi connectivity index (χ0) is 15.9. The lowest BCUT2D eigenvalue weighted by Crippen LogP contribution is -2.49. The molecule has 3 heterocycles. The largest absolute Gasteiger partial charge is 0.347 e. The van der Waals surface area contributed by atoms with Crippen LogP contribution in [-0.4, -0.2) is 55.5 Å². The van der Waals surface area contributed by atoms with Crippen LogP contribution in [0.2, 0.25) is 0 Å². The summed E-state index contributed by atoms with van der Waals surface area (Å²) in [5.41, 5.74) is 2.36. The van der Waals surface area contributed by atoms with E-state index in [0.29, 0.717) is 19.8 Å². The molecule has 3 aliphatic heterocycles. The van der Waals surface area contributed by atoms with E-state index in [1.807, 2.05) is 17.0 Å². The molecule has 1 aromatic rings. The zero-order valence-electron chi connectivity index (χ0n) is 13.7. The molecule has 3 aliphatic rings. The number of likely N-dealkylation sites (tertiary alicyclic amines) is 1. The van der Waals surface area contributed by atoms with E-state index in [1.54, 1.807) is 0 Å². The van der Waals surface area contributed by atoms with Crippen molar-refractivity contribution in [2.75, 3.05) is 37.7 Å². The van der Waals surface area contributed by atoms with Gasteiger partial charge in [-0.3, -0.25) is 9.69 Å². The van der Waals surface area contributed by atoms with Crippen molar-refractivity contribution in [2.45, 2.75) is 38.0 Å². The number of nitrogens with zero attached hydrogens (tertiary/aromatic N) is 2. The van der Waals surface area contributed by atoms with E-state index in [9.17, 15) is 4.79 Å². The number of carbonyl (C=O) groups excluding carboxylic acids is 1. The van der Waals surface area contributed by atoms with Gasteiger partial charge in [-0.25, -0.2) is 0 Å².